The molecule has 0 aliphatic heterocycles. The molecule has 2 nitrogen and oxygen atoms in total. The Bertz CT molecular complexity index is 296. The zero-order chi connectivity index (χ0) is 12.5. The summed E-state index contributed by atoms with van der Waals surface area (Å²) >= 11 is 0. The predicted molar refractivity (Wildman–Crippen MR) is 70.7 cm³/mol. The van der Waals surface area contributed by atoms with Crippen LogP contribution in [-0.2, 0) is 6.42 Å². The highest BCUT2D eigenvalue weighted by Crippen LogP contribution is 2.02. The molecule has 0 saturated carbocycles. The molecule has 0 unspecified atom stereocenters. The number of hydrogen-bond donors (Lipinski definition) is 2. The molecular weight excluding hydrogens is 215 g/mol. The second kappa shape index (κ2) is 8.20. The lowest BCUT2D eigenvalue weighted by molar-refractivity contribution is 0.548. The Hall–Kier alpha value is -0.930. The fourth-order valence-electron chi connectivity index (χ4n) is 1.61. The van der Waals surface area contributed by atoms with Gasteiger partial charge in [-0.05, 0) is 50.2 Å². The summed E-state index contributed by atoms with van der Waals surface area (Å²) < 4.78 is 12.7. The van der Waals surface area contributed by atoms with Crippen LogP contribution in [0.15, 0.2) is 24.3 Å². The molecule has 0 amide bonds. The third-order valence-corrected chi connectivity index (χ3v) is 2.59. The molecule has 3 heteroatoms. The molecule has 0 spiro atoms. The Kier molecular flexibility index (Phi) is 6.82. The summed E-state index contributed by atoms with van der Waals surface area (Å²) in [6.45, 7) is 7.35. The minimum Gasteiger partial charge on any atom is -0.316 e. The van der Waals surface area contributed by atoms with Crippen molar-refractivity contribution in [2.75, 3.05) is 19.6 Å². The molecule has 0 aliphatic rings. The van der Waals surface area contributed by atoms with E-state index >= 15 is 0 Å². The second-order valence-electron chi connectivity index (χ2n) is 4.59. The van der Waals surface area contributed by atoms with E-state index in [9.17, 15) is 4.39 Å². The van der Waals surface area contributed by atoms with Crippen LogP contribution in [0.25, 0.3) is 0 Å². The van der Waals surface area contributed by atoms with Gasteiger partial charge in [-0.25, -0.2) is 4.39 Å². The lowest BCUT2D eigenvalue weighted by Crippen LogP contribution is -2.27. The van der Waals surface area contributed by atoms with Crippen LogP contribution in [0.1, 0.15) is 25.8 Å². The maximum Gasteiger partial charge on any atom is 0.123 e. The number of nitrogens with one attached hydrogen (secondary N) is 2. The molecule has 0 bridgehead atoms. The maximum absolute atomic E-state index is 12.7. The van der Waals surface area contributed by atoms with E-state index in [0.29, 0.717) is 6.04 Å². The van der Waals surface area contributed by atoms with Gasteiger partial charge in [0.25, 0.3) is 0 Å². The normalized spacial score (nSPS) is 11.1. The molecule has 0 fully saturated rings. The highest BCUT2D eigenvalue weighted by Gasteiger charge is 1.95. The lowest BCUT2D eigenvalue weighted by Gasteiger charge is -2.08. The van der Waals surface area contributed by atoms with E-state index in [1.54, 1.807) is 0 Å². The first-order chi connectivity index (χ1) is 8.18. The number of benzene rings is 1. The third kappa shape index (κ3) is 7.08. The molecule has 17 heavy (non-hydrogen) atoms. The average molecular weight is 238 g/mol. The Morgan fingerprint density at radius 2 is 1.76 bits per heavy atom. The Morgan fingerprint density at radius 1 is 1.06 bits per heavy atom. The van der Waals surface area contributed by atoms with Crippen LogP contribution in [0.4, 0.5) is 4.39 Å². The smallest absolute Gasteiger partial charge is 0.123 e. The quantitative estimate of drug-likeness (QED) is 0.679. The van der Waals surface area contributed by atoms with Crippen LogP contribution in [0.5, 0.6) is 0 Å². The Balaban J connectivity index is 1.99. The molecule has 0 saturated heterocycles. The molecule has 1 aromatic rings. The molecule has 96 valence electrons. The van der Waals surface area contributed by atoms with Gasteiger partial charge in [0.2, 0.25) is 0 Å². The Labute approximate surface area is 104 Å². The van der Waals surface area contributed by atoms with E-state index in [0.717, 1.165) is 32.5 Å². The van der Waals surface area contributed by atoms with E-state index in [1.807, 2.05) is 12.1 Å². The summed E-state index contributed by atoms with van der Waals surface area (Å²) in [5.74, 6) is -0.165. The molecule has 1 aromatic carbocycles. The van der Waals surface area contributed by atoms with Crippen LogP contribution in [0.3, 0.4) is 0 Å². The van der Waals surface area contributed by atoms with Crippen LogP contribution in [0, 0.1) is 5.82 Å². The average Bonchev–Trinajstić information content (AvgIpc) is 2.30. The molecule has 0 radical (unpaired) electrons. The fourth-order valence-corrected chi connectivity index (χ4v) is 1.61. The zero-order valence-electron chi connectivity index (χ0n) is 10.8. The topological polar surface area (TPSA) is 24.1 Å². The van der Waals surface area contributed by atoms with Crippen molar-refractivity contribution >= 4 is 0 Å². The number of halogens is 1. The molecule has 0 aliphatic carbocycles. The highest BCUT2D eigenvalue weighted by molar-refractivity contribution is 5.16. The minimum atomic E-state index is -0.165. The summed E-state index contributed by atoms with van der Waals surface area (Å²) in [7, 11) is 0. The summed E-state index contributed by atoms with van der Waals surface area (Å²) in [5, 5.41) is 6.77. The van der Waals surface area contributed by atoms with Gasteiger partial charge in [-0.3, -0.25) is 0 Å². The molecule has 0 heterocycles. The molecule has 2 N–H and O–H groups in total. The predicted octanol–water partition coefficient (Wildman–Crippen LogP) is 2.35. The van der Waals surface area contributed by atoms with Gasteiger partial charge in [-0.1, -0.05) is 26.0 Å². The molecule has 0 aromatic heterocycles. The molecule has 0 atom stereocenters. The largest absolute Gasteiger partial charge is 0.316 e. The van der Waals surface area contributed by atoms with Crippen molar-refractivity contribution in [3.63, 3.8) is 0 Å². The lowest BCUT2D eigenvalue weighted by atomic mass is 10.1. The van der Waals surface area contributed by atoms with E-state index in [-0.39, 0.29) is 5.82 Å². The van der Waals surface area contributed by atoms with Gasteiger partial charge in [0.05, 0.1) is 0 Å². The van der Waals surface area contributed by atoms with Crippen LogP contribution in [-0.4, -0.2) is 25.7 Å². The van der Waals surface area contributed by atoms with Gasteiger partial charge in [0, 0.05) is 6.04 Å². The molecular formula is C14H23FN2. The van der Waals surface area contributed by atoms with Gasteiger partial charge in [0.1, 0.15) is 5.82 Å². The van der Waals surface area contributed by atoms with Gasteiger partial charge in [0.15, 0.2) is 0 Å². The first kappa shape index (κ1) is 14.1. The number of hydrogen-bond acceptors (Lipinski definition) is 2. The van der Waals surface area contributed by atoms with Gasteiger partial charge >= 0.3 is 0 Å². The third-order valence-electron chi connectivity index (χ3n) is 2.59. The monoisotopic (exact) mass is 238 g/mol. The zero-order valence-corrected chi connectivity index (χ0v) is 10.8. The van der Waals surface area contributed by atoms with Gasteiger partial charge in [-0.15, -0.1) is 0 Å². The fraction of sp³-hybridized carbons (Fsp3) is 0.571. The van der Waals surface area contributed by atoms with Crippen molar-refractivity contribution in [3.05, 3.63) is 35.6 Å². The van der Waals surface area contributed by atoms with Crippen molar-refractivity contribution < 1.29 is 4.39 Å². The Morgan fingerprint density at radius 3 is 2.41 bits per heavy atom. The van der Waals surface area contributed by atoms with Crippen molar-refractivity contribution in [1.29, 1.82) is 0 Å². The van der Waals surface area contributed by atoms with Crippen LogP contribution < -0.4 is 10.6 Å². The first-order valence-corrected chi connectivity index (χ1v) is 6.37. The van der Waals surface area contributed by atoms with E-state index in [2.05, 4.69) is 24.5 Å². The maximum atomic E-state index is 12.7. The van der Waals surface area contributed by atoms with Crippen molar-refractivity contribution in [3.8, 4) is 0 Å². The van der Waals surface area contributed by atoms with E-state index in [1.165, 1.54) is 17.7 Å². The minimum absolute atomic E-state index is 0.165. The van der Waals surface area contributed by atoms with Crippen LogP contribution in [0.2, 0.25) is 0 Å². The summed E-state index contributed by atoms with van der Waals surface area (Å²) in [5.41, 5.74) is 1.18. The molecule has 1 rings (SSSR count). The van der Waals surface area contributed by atoms with E-state index < -0.39 is 0 Å². The van der Waals surface area contributed by atoms with Crippen LogP contribution >= 0.6 is 0 Å². The summed E-state index contributed by atoms with van der Waals surface area (Å²) in [4.78, 5) is 0. The first-order valence-electron chi connectivity index (χ1n) is 6.37. The summed E-state index contributed by atoms with van der Waals surface area (Å²) in [6, 6.07) is 7.28. The van der Waals surface area contributed by atoms with Crippen molar-refractivity contribution in [2.24, 2.45) is 0 Å². The van der Waals surface area contributed by atoms with Crippen molar-refractivity contribution in [2.45, 2.75) is 32.7 Å². The standard InChI is InChI=1S/C14H23FN2/c1-12(2)17-10-3-9-16-11-8-13-4-6-14(15)7-5-13/h4-7,12,16-17H,3,8-11H2,1-2H3. The van der Waals surface area contributed by atoms with Gasteiger partial charge in [-0.2, -0.15) is 0 Å². The van der Waals surface area contributed by atoms with E-state index in [4.69, 9.17) is 0 Å². The highest BCUT2D eigenvalue weighted by atomic mass is 19.1. The second-order valence-corrected chi connectivity index (χ2v) is 4.59. The SMILES string of the molecule is CC(C)NCCCNCCc1ccc(F)cc1. The summed E-state index contributed by atoms with van der Waals surface area (Å²) in [6.07, 6.45) is 2.10. The van der Waals surface area contributed by atoms with Crippen molar-refractivity contribution in [1.82, 2.24) is 10.6 Å². The van der Waals surface area contributed by atoms with Gasteiger partial charge < -0.3 is 10.6 Å². The number of rotatable bonds is 8.